The minimum atomic E-state index is 0.0244. The van der Waals surface area contributed by atoms with E-state index in [1.54, 1.807) is 0 Å². The zero-order valence-electron chi connectivity index (χ0n) is 8.53. The summed E-state index contributed by atoms with van der Waals surface area (Å²) in [5, 5.41) is 0. The molecule has 1 aromatic carbocycles. The van der Waals surface area contributed by atoms with Gasteiger partial charge in [-0.2, -0.15) is 0 Å². The van der Waals surface area contributed by atoms with Crippen molar-refractivity contribution in [3.8, 4) is 0 Å². The summed E-state index contributed by atoms with van der Waals surface area (Å²) in [4.78, 5) is 0. The Kier molecular flexibility index (Phi) is 3.17. The predicted molar refractivity (Wildman–Crippen MR) is 55.2 cm³/mol. The topological polar surface area (TPSA) is 18.5 Å². The van der Waals surface area contributed by atoms with Gasteiger partial charge in [-0.15, -0.1) is 0 Å². The van der Waals surface area contributed by atoms with Crippen molar-refractivity contribution in [1.82, 2.24) is 0 Å². The Bertz CT molecular complexity index is 273. The molecule has 1 fully saturated rings. The highest BCUT2D eigenvalue weighted by Crippen LogP contribution is 2.12. The highest BCUT2D eigenvalue weighted by Gasteiger charge is 2.14. The molecule has 0 radical (unpaired) electrons. The van der Waals surface area contributed by atoms with E-state index in [2.05, 4.69) is 31.2 Å². The molecular weight excluding hydrogens is 176 g/mol. The Morgan fingerprint density at radius 1 is 1.14 bits per heavy atom. The number of hydrogen-bond donors (Lipinski definition) is 0. The van der Waals surface area contributed by atoms with Crippen molar-refractivity contribution in [2.24, 2.45) is 0 Å². The van der Waals surface area contributed by atoms with Crippen LogP contribution in [0.3, 0.4) is 0 Å². The van der Waals surface area contributed by atoms with Crippen molar-refractivity contribution in [2.45, 2.75) is 26.1 Å². The van der Waals surface area contributed by atoms with Crippen molar-refractivity contribution in [1.29, 1.82) is 0 Å². The van der Waals surface area contributed by atoms with Gasteiger partial charge in [0.15, 0.2) is 6.29 Å². The molecule has 0 saturated carbocycles. The number of ether oxygens (including phenoxy) is 2. The first-order valence-electron chi connectivity index (χ1n) is 5.13. The molecule has 14 heavy (non-hydrogen) atoms. The van der Waals surface area contributed by atoms with E-state index in [1.165, 1.54) is 11.1 Å². The molecule has 0 unspecified atom stereocenters. The second kappa shape index (κ2) is 4.58. The third-order valence-corrected chi connectivity index (χ3v) is 2.48. The summed E-state index contributed by atoms with van der Waals surface area (Å²) in [6.07, 6.45) is 2.02. The van der Waals surface area contributed by atoms with Crippen LogP contribution in [0.15, 0.2) is 24.3 Å². The standard InChI is InChI=1S/C12H16O2/c1-10-2-4-11(5-3-10)6-7-12-13-8-9-14-12/h2-5,12H,6-9H2,1H3. The molecule has 1 aliphatic rings. The quantitative estimate of drug-likeness (QED) is 0.731. The lowest BCUT2D eigenvalue weighted by Crippen LogP contribution is -2.08. The van der Waals surface area contributed by atoms with Gasteiger partial charge in [-0.25, -0.2) is 0 Å². The van der Waals surface area contributed by atoms with Crippen LogP contribution in [0.2, 0.25) is 0 Å². The number of rotatable bonds is 3. The SMILES string of the molecule is Cc1ccc(CCC2OCCO2)cc1. The van der Waals surface area contributed by atoms with Gasteiger partial charge in [0.25, 0.3) is 0 Å². The van der Waals surface area contributed by atoms with Crippen molar-refractivity contribution in [3.63, 3.8) is 0 Å². The molecule has 1 aliphatic heterocycles. The summed E-state index contributed by atoms with van der Waals surface area (Å²) >= 11 is 0. The van der Waals surface area contributed by atoms with Crippen molar-refractivity contribution in [2.75, 3.05) is 13.2 Å². The van der Waals surface area contributed by atoms with Crippen LogP contribution in [-0.4, -0.2) is 19.5 Å². The molecule has 0 atom stereocenters. The summed E-state index contributed by atoms with van der Waals surface area (Å²) in [6.45, 7) is 3.60. The second-order valence-electron chi connectivity index (χ2n) is 3.70. The van der Waals surface area contributed by atoms with Gasteiger partial charge in [0.1, 0.15) is 0 Å². The van der Waals surface area contributed by atoms with Gasteiger partial charge >= 0.3 is 0 Å². The van der Waals surface area contributed by atoms with Gasteiger partial charge in [0.2, 0.25) is 0 Å². The highest BCUT2D eigenvalue weighted by molar-refractivity contribution is 5.21. The van der Waals surface area contributed by atoms with Crippen LogP contribution in [-0.2, 0) is 15.9 Å². The van der Waals surface area contributed by atoms with E-state index in [1.807, 2.05) is 0 Å². The van der Waals surface area contributed by atoms with Crippen LogP contribution in [0.25, 0.3) is 0 Å². The monoisotopic (exact) mass is 192 g/mol. The van der Waals surface area contributed by atoms with Crippen molar-refractivity contribution >= 4 is 0 Å². The van der Waals surface area contributed by atoms with E-state index < -0.39 is 0 Å². The van der Waals surface area contributed by atoms with Gasteiger partial charge in [0, 0.05) is 6.42 Å². The van der Waals surface area contributed by atoms with E-state index in [-0.39, 0.29) is 6.29 Å². The molecule has 0 N–H and O–H groups in total. The molecule has 0 spiro atoms. The summed E-state index contributed by atoms with van der Waals surface area (Å²) < 4.78 is 10.8. The minimum Gasteiger partial charge on any atom is -0.350 e. The molecule has 0 bridgehead atoms. The average Bonchev–Trinajstić information content (AvgIpc) is 2.70. The zero-order valence-corrected chi connectivity index (χ0v) is 8.53. The van der Waals surface area contributed by atoms with Gasteiger partial charge in [-0.3, -0.25) is 0 Å². The van der Waals surface area contributed by atoms with Crippen molar-refractivity contribution in [3.05, 3.63) is 35.4 Å². The molecule has 1 aromatic rings. The Hall–Kier alpha value is -0.860. The predicted octanol–water partition coefficient (Wildman–Crippen LogP) is 2.30. The highest BCUT2D eigenvalue weighted by atomic mass is 16.7. The Labute approximate surface area is 84.8 Å². The maximum atomic E-state index is 5.38. The van der Waals surface area contributed by atoms with E-state index >= 15 is 0 Å². The summed E-state index contributed by atoms with van der Waals surface area (Å²) in [5.41, 5.74) is 2.66. The van der Waals surface area contributed by atoms with E-state index in [0.717, 1.165) is 26.1 Å². The Morgan fingerprint density at radius 3 is 2.43 bits per heavy atom. The minimum absolute atomic E-state index is 0.0244. The fraction of sp³-hybridized carbons (Fsp3) is 0.500. The Balaban J connectivity index is 1.82. The molecule has 76 valence electrons. The van der Waals surface area contributed by atoms with Crippen LogP contribution >= 0.6 is 0 Å². The maximum Gasteiger partial charge on any atom is 0.158 e. The molecule has 2 rings (SSSR count). The lowest BCUT2D eigenvalue weighted by Gasteiger charge is -2.08. The zero-order chi connectivity index (χ0) is 9.80. The number of benzene rings is 1. The molecule has 0 amide bonds. The molecule has 1 saturated heterocycles. The van der Waals surface area contributed by atoms with Crippen LogP contribution in [0.4, 0.5) is 0 Å². The molecular formula is C12H16O2. The second-order valence-corrected chi connectivity index (χ2v) is 3.70. The molecule has 0 aliphatic carbocycles. The van der Waals surface area contributed by atoms with Crippen molar-refractivity contribution < 1.29 is 9.47 Å². The normalized spacial score (nSPS) is 17.5. The first-order valence-corrected chi connectivity index (χ1v) is 5.13. The summed E-state index contributed by atoms with van der Waals surface area (Å²) in [7, 11) is 0. The largest absolute Gasteiger partial charge is 0.350 e. The van der Waals surface area contributed by atoms with Gasteiger partial charge in [0.05, 0.1) is 13.2 Å². The van der Waals surface area contributed by atoms with E-state index in [9.17, 15) is 0 Å². The molecule has 1 heterocycles. The van der Waals surface area contributed by atoms with Crippen LogP contribution in [0.1, 0.15) is 17.5 Å². The van der Waals surface area contributed by atoms with Crippen LogP contribution in [0, 0.1) is 6.92 Å². The third-order valence-electron chi connectivity index (χ3n) is 2.48. The fourth-order valence-corrected chi connectivity index (χ4v) is 1.61. The lowest BCUT2D eigenvalue weighted by molar-refractivity contribution is -0.0461. The van der Waals surface area contributed by atoms with Crippen LogP contribution < -0.4 is 0 Å². The van der Waals surface area contributed by atoms with Gasteiger partial charge < -0.3 is 9.47 Å². The van der Waals surface area contributed by atoms with E-state index in [0.29, 0.717) is 0 Å². The summed E-state index contributed by atoms with van der Waals surface area (Å²) in [5.74, 6) is 0. The summed E-state index contributed by atoms with van der Waals surface area (Å²) in [6, 6.07) is 8.63. The first kappa shape index (κ1) is 9.69. The lowest BCUT2D eigenvalue weighted by atomic mass is 10.1. The Morgan fingerprint density at radius 2 is 1.79 bits per heavy atom. The number of aryl methyl sites for hydroxylation is 2. The first-order chi connectivity index (χ1) is 6.84. The molecule has 2 nitrogen and oxygen atoms in total. The van der Waals surface area contributed by atoms with Gasteiger partial charge in [-0.1, -0.05) is 29.8 Å². The maximum absolute atomic E-state index is 5.38. The van der Waals surface area contributed by atoms with Gasteiger partial charge in [-0.05, 0) is 18.9 Å². The van der Waals surface area contributed by atoms with E-state index in [4.69, 9.17) is 9.47 Å². The number of hydrogen-bond acceptors (Lipinski definition) is 2. The fourth-order valence-electron chi connectivity index (χ4n) is 1.61. The van der Waals surface area contributed by atoms with Crippen LogP contribution in [0.5, 0.6) is 0 Å². The average molecular weight is 192 g/mol. The molecule has 0 aromatic heterocycles. The third kappa shape index (κ3) is 2.56. The molecule has 2 heteroatoms. The smallest absolute Gasteiger partial charge is 0.158 e.